The minimum Gasteiger partial charge on any atom is -0.377 e. The zero-order chi connectivity index (χ0) is 23.9. The number of piperidine rings is 1. The van der Waals surface area contributed by atoms with Gasteiger partial charge in [0, 0.05) is 17.4 Å². The second-order valence-corrected chi connectivity index (χ2v) is 10.1. The number of halogens is 1. The first-order chi connectivity index (χ1) is 16.5. The third-order valence-corrected chi connectivity index (χ3v) is 7.36. The molecule has 1 saturated heterocycles. The van der Waals surface area contributed by atoms with Gasteiger partial charge in [0.1, 0.15) is 17.9 Å². The van der Waals surface area contributed by atoms with Crippen LogP contribution in [-0.2, 0) is 11.2 Å². The lowest BCUT2D eigenvalue weighted by atomic mass is 9.88. The third kappa shape index (κ3) is 6.90. The molecule has 2 fully saturated rings. The first-order valence-electron chi connectivity index (χ1n) is 12.4. The largest absolute Gasteiger partial charge is 0.377 e. The lowest BCUT2D eigenvalue weighted by Crippen LogP contribution is -2.38. The molecule has 5 nitrogen and oxygen atoms in total. The van der Waals surface area contributed by atoms with Crippen molar-refractivity contribution < 1.29 is 9.90 Å². The third-order valence-electron chi connectivity index (χ3n) is 7.11. The molecule has 2 atom stereocenters. The lowest BCUT2D eigenvalue weighted by molar-refractivity contribution is -0.119. The van der Waals surface area contributed by atoms with Crippen LogP contribution in [0.2, 0.25) is 5.02 Å². The molecule has 2 N–H and O–H groups in total. The SMILES string of the molecule is N#CC(c1ccc(Cl)cc1)C(O)NCCCN1CCC(c2cccc(CC(=O)C3CC3)c2)CC1. The van der Waals surface area contributed by atoms with Gasteiger partial charge < -0.3 is 10.0 Å². The van der Waals surface area contributed by atoms with Crippen LogP contribution in [0.3, 0.4) is 0 Å². The Bertz CT molecular complexity index is 991. The monoisotopic (exact) mass is 479 g/mol. The van der Waals surface area contributed by atoms with E-state index in [0.29, 0.717) is 35.6 Å². The highest BCUT2D eigenvalue weighted by Gasteiger charge is 2.29. The van der Waals surface area contributed by atoms with E-state index >= 15 is 0 Å². The number of ketones is 1. The van der Waals surface area contributed by atoms with Gasteiger partial charge in [-0.2, -0.15) is 5.26 Å². The number of hydrogen-bond acceptors (Lipinski definition) is 5. The highest BCUT2D eigenvalue weighted by Crippen LogP contribution is 2.32. The molecule has 2 unspecified atom stereocenters. The van der Waals surface area contributed by atoms with E-state index in [9.17, 15) is 15.2 Å². The van der Waals surface area contributed by atoms with Crippen molar-refractivity contribution >= 4 is 17.4 Å². The number of nitriles is 1. The summed E-state index contributed by atoms with van der Waals surface area (Å²) in [6.07, 6.45) is 5.00. The van der Waals surface area contributed by atoms with Gasteiger partial charge in [0.2, 0.25) is 0 Å². The molecule has 0 aromatic heterocycles. The molecule has 1 aliphatic heterocycles. The summed E-state index contributed by atoms with van der Waals surface area (Å²) in [5, 5.41) is 23.6. The van der Waals surface area contributed by atoms with Gasteiger partial charge in [0.15, 0.2) is 0 Å². The highest BCUT2D eigenvalue weighted by molar-refractivity contribution is 6.30. The lowest BCUT2D eigenvalue weighted by Gasteiger charge is -2.32. The van der Waals surface area contributed by atoms with E-state index in [1.807, 2.05) is 0 Å². The van der Waals surface area contributed by atoms with Crippen molar-refractivity contribution in [2.24, 2.45) is 5.92 Å². The Hall–Kier alpha value is -2.23. The van der Waals surface area contributed by atoms with Crippen LogP contribution in [0.1, 0.15) is 60.6 Å². The van der Waals surface area contributed by atoms with Gasteiger partial charge in [-0.25, -0.2) is 0 Å². The normalized spacial score (nSPS) is 18.9. The molecule has 34 heavy (non-hydrogen) atoms. The molecule has 0 amide bonds. The van der Waals surface area contributed by atoms with Crippen LogP contribution in [0.4, 0.5) is 0 Å². The van der Waals surface area contributed by atoms with Crippen LogP contribution in [0.15, 0.2) is 48.5 Å². The fraction of sp³-hybridized carbons (Fsp3) is 0.500. The predicted molar refractivity (Wildman–Crippen MR) is 135 cm³/mol. The highest BCUT2D eigenvalue weighted by atomic mass is 35.5. The fourth-order valence-electron chi connectivity index (χ4n) is 4.87. The van der Waals surface area contributed by atoms with Crippen LogP contribution in [0.5, 0.6) is 0 Å². The Kier molecular flexibility index (Phi) is 8.74. The predicted octanol–water partition coefficient (Wildman–Crippen LogP) is 4.65. The van der Waals surface area contributed by atoms with Gasteiger partial charge in [0.25, 0.3) is 0 Å². The molecule has 2 aliphatic rings. The number of carbonyl (C=O) groups excluding carboxylic acids is 1. The number of aliphatic hydroxyl groups is 1. The zero-order valence-corrected chi connectivity index (χ0v) is 20.4. The topological polar surface area (TPSA) is 76.4 Å². The second kappa shape index (κ2) is 12.0. The molecular formula is C28H34ClN3O2. The maximum atomic E-state index is 12.2. The molecular weight excluding hydrogens is 446 g/mol. The Morgan fingerprint density at radius 3 is 2.56 bits per heavy atom. The van der Waals surface area contributed by atoms with Gasteiger partial charge in [-0.3, -0.25) is 10.1 Å². The number of rotatable bonds is 11. The van der Waals surface area contributed by atoms with E-state index in [1.165, 1.54) is 5.56 Å². The first kappa shape index (κ1) is 24.9. The van der Waals surface area contributed by atoms with Crippen molar-refractivity contribution in [2.75, 3.05) is 26.2 Å². The van der Waals surface area contributed by atoms with Crippen molar-refractivity contribution in [3.63, 3.8) is 0 Å². The quantitative estimate of drug-likeness (QED) is 0.362. The van der Waals surface area contributed by atoms with Crippen LogP contribution in [0, 0.1) is 17.2 Å². The number of likely N-dealkylation sites (tertiary alicyclic amines) is 1. The Balaban J connectivity index is 1.17. The number of hydrogen-bond donors (Lipinski definition) is 2. The van der Waals surface area contributed by atoms with Crippen LogP contribution < -0.4 is 5.32 Å². The van der Waals surface area contributed by atoms with Gasteiger partial charge in [-0.15, -0.1) is 0 Å². The smallest absolute Gasteiger partial charge is 0.140 e. The molecule has 2 aromatic rings. The molecule has 0 bridgehead atoms. The second-order valence-electron chi connectivity index (χ2n) is 9.69. The van der Waals surface area contributed by atoms with Crippen molar-refractivity contribution in [2.45, 2.75) is 56.6 Å². The summed E-state index contributed by atoms with van der Waals surface area (Å²) in [4.78, 5) is 14.6. The summed E-state index contributed by atoms with van der Waals surface area (Å²) in [5.74, 6) is 0.664. The summed E-state index contributed by atoms with van der Waals surface area (Å²) < 4.78 is 0. The van der Waals surface area contributed by atoms with Gasteiger partial charge in [-0.05, 0) is 93.0 Å². The Morgan fingerprint density at radius 2 is 1.88 bits per heavy atom. The average molecular weight is 480 g/mol. The van der Waals surface area contributed by atoms with E-state index in [0.717, 1.165) is 62.9 Å². The molecule has 1 saturated carbocycles. The van der Waals surface area contributed by atoms with Crippen molar-refractivity contribution in [3.05, 3.63) is 70.2 Å². The summed E-state index contributed by atoms with van der Waals surface area (Å²) in [6.45, 7) is 3.75. The molecule has 0 radical (unpaired) electrons. The summed E-state index contributed by atoms with van der Waals surface area (Å²) in [7, 11) is 0. The Labute approximate surface area is 207 Å². The van der Waals surface area contributed by atoms with Crippen molar-refractivity contribution in [3.8, 4) is 6.07 Å². The minimum atomic E-state index is -0.906. The molecule has 0 spiro atoms. The van der Waals surface area contributed by atoms with Gasteiger partial charge in [-0.1, -0.05) is 48.0 Å². The van der Waals surface area contributed by atoms with E-state index in [2.05, 4.69) is 40.6 Å². The van der Waals surface area contributed by atoms with Crippen molar-refractivity contribution in [1.82, 2.24) is 10.2 Å². The van der Waals surface area contributed by atoms with Gasteiger partial charge >= 0.3 is 0 Å². The van der Waals surface area contributed by atoms with E-state index < -0.39 is 12.1 Å². The number of nitrogens with one attached hydrogen (secondary N) is 1. The van der Waals surface area contributed by atoms with E-state index in [4.69, 9.17) is 11.6 Å². The molecule has 4 rings (SSSR count). The van der Waals surface area contributed by atoms with Crippen LogP contribution in [0.25, 0.3) is 0 Å². The number of carbonyl (C=O) groups is 1. The van der Waals surface area contributed by atoms with Crippen LogP contribution >= 0.6 is 11.6 Å². The minimum absolute atomic E-state index is 0.325. The van der Waals surface area contributed by atoms with E-state index in [1.54, 1.807) is 24.3 Å². The van der Waals surface area contributed by atoms with Gasteiger partial charge in [0.05, 0.1) is 6.07 Å². The molecule has 180 valence electrons. The Morgan fingerprint density at radius 1 is 1.15 bits per heavy atom. The number of aliphatic hydroxyl groups excluding tert-OH is 1. The fourth-order valence-corrected chi connectivity index (χ4v) is 4.99. The number of nitrogens with zero attached hydrogens (tertiary/aromatic N) is 2. The van der Waals surface area contributed by atoms with Crippen LogP contribution in [-0.4, -0.2) is 48.2 Å². The summed E-state index contributed by atoms with van der Waals surface area (Å²) in [6, 6.07) is 17.9. The first-order valence-corrected chi connectivity index (χ1v) is 12.8. The maximum Gasteiger partial charge on any atom is 0.140 e. The molecule has 2 aromatic carbocycles. The standard InChI is InChI=1S/C28H34ClN3O2/c29-25-9-7-22(8-10-25)26(19-30)28(34)31-13-2-14-32-15-11-21(12-16-32)24-4-1-3-20(17-24)18-27(33)23-5-6-23/h1,3-4,7-10,17,21,23,26,28,31,34H,2,5-6,11-16,18H2. The molecule has 1 aliphatic carbocycles. The number of Topliss-reactive ketones (excluding diaryl/α,β-unsaturated/α-hetero) is 1. The maximum absolute atomic E-state index is 12.2. The summed E-state index contributed by atoms with van der Waals surface area (Å²) >= 11 is 5.92. The zero-order valence-electron chi connectivity index (χ0n) is 19.6. The molecule has 1 heterocycles. The number of benzene rings is 2. The average Bonchev–Trinajstić information content (AvgIpc) is 3.70. The molecule has 6 heteroatoms. The van der Waals surface area contributed by atoms with Crippen molar-refractivity contribution in [1.29, 1.82) is 5.26 Å². The summed E-state index contributed by atoms with van der Waals surface area (Å²) in [5.41, 5.74) is 3.29. The van der Waals surface area contributed by atoms with E-state index in [-0.39, 0.29) is 0 Å².